The molecule has 1 aromatic carbocycles. The number of halogens is 3. The smallest absolute Gasteiger partial charge is 0.382 e. The van der Waals surface area contributed by atoms with Crippen molar-refractivity contribution >= 4 is 15.7 Å². The van der Waals surface area contributed by atoms with Gasteiger partial charge in [-0.05, 0) is 43.9 Å². The fourth-order valence-corrected chi connectivity index (χ4v) is 4.91. The lowest BCUT2D eigenvalue weighted by Gasteiger charge is -2.32. The Morgan fingerprint density at radius 2 is 1.80 bits per heavy atom. The van der Waals surface area contributed by atoms with Crippen molar-refractivity contribution in [2.45, 2.75) is 43.2 Å². The highest BCUT2D eigenvalue weighted by molar-refractivity contribution is 7.90. The first kappa shape index (κ1) is 18.0. The van der Waals surface area contributed by atoms with Gasteiger partial charge < -0.3 is 5.32 Å². The standard InChI is InChI=1S/C16H18F3N3O2S/c17-16(18,19)15-9-13(2-1-11(15)10-20)21-12-5-7-22(8-6-12)25(23,24)14-3-4-14/h1-2,9,12,14,21H,3-8H2. The van der Waals surface area contributed by atoms with Gasteiger partial charge in [0.15, 0.2) is 0 Å². The van der Waals surface area contributed by atoms with Crippen LogP contribution in [0.4, 0.5) is 18.9 Å². The molecule has 0 radical (unpaired) electrons. The van der Waals surface area contributed by atoms with E-state index in [0.29, 0.717) is 38.8 Å². The molecule has 0 atom stereocenters. The number of hydrogen-bond acceptors (Lipinski definition) is 4. The van der Waals surface area contributed by atoms with Crippen LogP contribution in [0.2, 0.25) is 0 Å². The molecule has 0 spiro atoms. The Labute approximate surface area is 144 Å². The van der Waals surface area contributed by atoms with E-state index in [2.05, 4.69) is 5.32 Å². The zero-order valence-electron chi connectivity index (χ0n) is 13.4. The number of anilines is 1. The molecule has 0 amide bonds. The second-order valence-corrected chi connectivity index (χ2v) is 8.64. The normalized spacial score (nSPS) is 20.2. The molecule has 3 rings (SSSR count). The molecule has 0 bridgehead atoms. The summed E-state index contributed by atoms with van der Waals surface area (Å²) in [7, 11) is -3.20. The number of nitrogens with one attached hydrogen (secondary N) is 1. The monoisotopic (exact) mass is 373 g/mol. The zero-order valence-corrected chi connectivity index (χ0v) is 14.2. The highest BCUT2D eigenvalue weighted by Crippen LogP contribution is 2.35. The van der Waals surface area contributed by atoms with Crippen molar-refractivity contribution in [1.82, 2.24) is 4.31 Å². The Balaban J connectivity index is 1.65. The van der Waals surface area contributed by atoms with Crippen molar-refractivity contribution in [3.05, 3.63) is 29.3 Å². The highest BCUT2D eigenvalue weighted by Gasteiger charge is 2.41. The Bertz CT molecular complexity index is 790. The molecule has 1 saturated heterocycles. The van der Waals surface area contributed by atoms with E-state index in [4.69, 9.17) is 5.26 Å². The SMILES string of the molecule is N#Cc1ccc(NC2CCN(S(=O)(=O)C3CC3)CC2)cc1C(F)(F)F. The van der Waals surface area contributed by atoms with Crippen LogP contribution < -0.4 is 5.32 Å². The Morgan fingerprint density at radius 3 is 2.32 bits per heavy atom. The second-order valence-electron chi connectivity index (χ2n) is 6.43. The molecular weight excluding hydrogens is 355 g/mol. The fraction of sp³-hybridized carbons (Fsp3) is 0.562. The van der Waals surface area contributed by atoms with Gasteiger partial charge in [0.2, 0.25) is 10.0 Å². The molecule has 1 N–H and O–H groups in total. The van der Waals surface area contributed by atoms with E-state index in [1.165, 1.54) is 10.4 Å². The summed E-state index contributed by atoms with van der Waals surface area (Å²) >= 11 is 0. The van der Waals surface area contributed by atoms with Gasteiger partial charge in [0.1, 0.15) is 0 Å². The van der Waals surface area contributed by atoms with E-state index in [0.717, 1.165) is 12.1 Å². The van der Waals surface area contributed by atoms with E-state index in [9.17, 15) is 21.6 Å². The largest absolute Gasteiger partial charge is 0.417 e. The quantitative estimate of drug-likeness (QED) is 0.881. The fourth-order valence-electron chi connectivity index (χ4n) is 3.03. The molecule has 1 aromatic rings. The van der Waals surface area contributed by atoms with E-state index in [-0.39, 0.29) is 17.0 Å². The van der Waals surface area contributed by atoms with Crippen molar-refractivity contribution in [3.8, 4) is 6.07 Å². The molecule has 1 heterocycles. The van der Waals surface area contributed by atoms with E-state index in [1.807, 2.05) is 0 Å². The average Bonchev–Trinajstić information content (AvgIpc) is 3.40. The molecule has 1 aliphatic heterocycles. The van der Waals surface area contributed by atoms with Crippen LogP contribution in [0.15, 0.2) is 18.2 Å². The molecule has 1 saturated carbocycles. The van der Waals surface area contributed by atoms with Crippen LogP contribution in [0.1, 0.15) is 36.8 Å². The predicted octanol–water partition coefficient (Wildman–Crippen LogP) is 2.95. The van der Waals surface area contributed by atoms with Gasteiger partial charge in [-0.15, -0.1) is 0 Å². The van der Waals surface area contributed by atoms with Crippen molar-refractivity contribution in [2.75, 3.05) is 18.4 Å². The molecule has 2 aliphatic rings. The summed E-state index contributed by atoms with van der Waals surface area (Å²) in [4.78, 5) is 0. The van der Waals surface area contributed by atoms with Gasteiger partial charge in [-0.25, -0.2) is 12.7 Å². The van der Waals surface area contributed by atoms with Crippen LogP contribution in [0.25, 0.3) is 0 Å². The van der Waals surface area contributed by atoms with E-state index < -0.39 is 27.3 Å². The average molecular weight is 373 g/mol. The third-order valence-electron chi connectivity index (χ3n) is 4.58. The van der Waals surface area contributed by atoms with Crippen molar-refractivity contribution in [2.24, 2.45) is 0 Å². The van der Waals surface area contributed by atoms with Gasteiger partial charge in [0.05, 0.1) is 22.4 Å². The molecule has 1 aliphatic carbocycles. The minimum Gasteiger partial charge on any atom is -0.382 e. The van der Waals surface area contributed by atoms with Gasteiger partial charge in [-0.1, -0.05) is 0 Å². The van der Waals surface area contributed by atoms with Gasteiger partial charge in [0, 0.05) is 24.8 Å². The van der Waals surface area contributed by atoms with E-state index in [1.54, 1.807) is 6.07 Å². The summed E-state index contributed by atoms with van der Waals surface area (Å²) in [6, 6.07) is 4.99. The lowest BCUT2D eigenvalue weighted by atomic mass is 10.0. The molecule has 2 fully saturated rings. The van der Waals surface area contributed by atoms with Crippen LogP contribution in [-0.2, 0) is 16.2 Å². The summed E-state index contributed by atoms with van der Waals surface area (Å²) < 4.78 is 64.9. The van der Waals surface area contributed by atoms with Crippen LogP contribution in [0.3, 0.4) is 0 Å². The van der Waals surface area contributed by atoms with Crippen molar-refractivity contribution < 1.29 is 21.6 Å². The number of hydrogen-bond donors (Lipinski definition) is 1. The molecule has 9 heteroatoms. The first-order valence-electron chi connectivity index (χ1n) is 8.08. The molecule has 25 heavy (non-hydrogen) atoms. The van der Waals surface area contributed by atoms with Crippen LogP contribution >= 0.6 is 0 Å². The van der Waals surface area contributed by atoms with Gasteiger partial charge >= 0.3 is 6.18 Å². The van der Waals surface area contributed by atoms with Crippen molar-refractivity contribution in [3.63, 3.8) is 0 Å². The molecule has 5 nitrogen and oxygen atoms in total. The molecule has 0 aromatic heterocycles. The summed E-state index contributed by atoms with van der Waals surface area (Å²) in [6.07, 6.45) is -2.09. The van der Waals surface area contributed by atoms with Crippen LogP contribution in [0, 0.1) is 11.3 Å². The minimum atomic E-state index is -4.59. The Morgan fingerprint density at radius 1 is 1.16 bits per heavy atom. The van der Waals surface area contributed by atoms with Crippen molar-refractivity contribution in [1.29, 1.82) is 5.26 Å². The third kappa shape index (κ3) is 3.90. The second kappa shape index (κ2) is 6.50. The predicted molar refractivity (Wildman–Crippen MR) is 86.3 cm³/mol. The summed E-state index contributed by atoms with van der Waals surface area (Å²) in [5.41, 5.74) is -1.09. The molecular formula is C16H18F3N3O2S. The number of piperidine rings is 1. The lowest BCUT2D eigenvalue weighted by molar-refractivity contribution is -0.137. The maximum atomic E-state index is 13.0. The maximum absolute atomic E-state index is 13.0. The number of benzene rings is 1. The number of nitriles is 1. The van der Waals surface area contributed by atoms with Crippen LogP contribution in [-0.4, -0.2) is 37.1 Å². The maximum Gasteiger partial charge on any atom is 0.417 e. The van der Waals surface area contributed by atoms with Crippen LogP contribution in [0.5, 0.6) is 0 Å². The number of rotatable bonds is 4. The van der Waals surface area contributed by atoms with Gasteiger partial charge in [-0.2, -0.15) is 18.4 Å². The summed E-state index contributed by atoms with van der Waals surface area (Å²) in [5.74, 6) is 0. The minimum absolute atomic E-state index is 0.0975. The van der Waals surface area contributed by atoms with Gasteiger partial charge in [0.25, 0.3) is 0 Å². The number of nitrogens with zero attached hydrogens (tertiary/aromatic N) is 2. The first-order valence-corrected chi connectivity index (χ1v) is 9.59. The number of sulfonamides is 1. The highest BCUT2D eigenvalue weighted by atomic mass is 32.2. The molecule has 0 unspecified atom stereocenters. The zero-order chi connectivity index (χ0) is 18.2. The summed E-state index contributed by atoms with van der Waals surface area (Å²) in [5, 5.41) is 11.6. The Kier molecular flexibility index (Phi) is 4.68. The summed E-state index contributed by atoms with van der Waals surface area (Å²) in [6.45, 7) is 0.748. The number of alkyl halides is 3. The topological polar surface area (TPSA) is 73.2 Å². The molecule has 136 valence electrons. The first-order chi connectivity index (χ1) is 11.7. The third-order valence-corrected chi connectivity index (χ3v) is 6.97. The Hall–Kier alpha value is -1.79. The van der Waals surface area contributed by atoms with Gasteiger partial charge in [-0.3, -0.25) is 0 Å². The van der Waals surface area contributed by atoms with E-state index >= 15 is 0 Å². The lowest BCUT2D eigenvalue weighted by Crippen LogP contribution is -2.43.